The molecule has 1 aromatic heterocycles. The van der Waals surface area contributed by atoms with Gasteiger partial charge in [0.2, 0.25) is 0 Å². The zero-order chi connectivity index (χ0) is 11.5. The molecule has 0 radical (unpaired) electrons. The fraction of sp³-hybridized carbons (Fsp3) is 0.417. The Bertz CT molecular complexity index is 460. The maximum atomic E-state index is 5.31. The van der Waals surface area contributed by atoms with Gasteiger partial charge in [0.05, 0.1) is 30.0 Å². The number of hydrogen-bond acceptors (Lipinski definition) is 5. The Morgan fingerprint density at radius 1 is 1.29 bits per heavy atom. The topological polar surface area (TPSA) is 37.4 Å². The van der Waals surface area contributed by atoms with Crippen molar-refractivity contribution in [3.63, 3.8) is 0 Å². The van der Waals surface area contributed by atoms with Crippen LogP contribution in [0.3, 0.4) is 0 Å². The first-order valence-electron chi connectivity index (χ1n) is 5.82. The molecule has 0 spiro atoms. The van der Waals surface area contributed by atoms with Gasteiger partial charge in [-0.3, -0.25) is 0 Å². The molecule has 4 nitrogen and oxygen atoms in total. The van der Waals surface area contributed by atoms with Crippen molar-refractivity contribution in [1.82, 2.24) is 15.4 Å². The van der Waals surface area contributed by atoms with E-state index in [9.17, 15) is 0 Å². The van der Waals surface area contributed by atoms with Crippen LogP contribution in [-0.2, 0) is 11.3 Å². The molecule has 1 N–H and O–H groups in total. The van der Waals surface area contributed by atoms with E-state index in [0.717, 1.165) is 43.4 Å². The molecule has 3 rings (SSSR count). The number of aromatic nitrogens is 1. The van der Waals surface area contributed by atoms with E-state index < -0.39 is 0 Å². The van der Waals surface area contributed by atoms with Crippen LogP contribution in [0, 0.1) is 0 Å². The van der Waals surface area contributed by atoms with Crippen LogP contribution in [0.25, 0.3) is 10.2 Å². The maximum Gasteiger partial charge on any atom is 0.109 e. The molecule has 0 amide bonds. The van der Waals surface area contributed by atoms with Gasteiger partial charge in [0, 0.05) is 13.1 Å². The molecule has 0 unspecified atom stereocenters. The molecule has 1 aliphatic rings. The van der Waals surface area contributed by atoms with Crippen molar-refractivity contribution in [2.45, 2.75) is 6.54 Å². The molecule has 0 atom stereocenters. The van der Waals surface area contributed by atoms with Gasteiger partial charge in [0.1, 0.15) is 5.01 Å². The third kappa shape index (κ3) is 2.63. The van der Waals surface area contributed by atoms with Crippen LogP contribution in [0.5, 0.6) is 0 Å². The molecular formula is C12H15N3OS. The minimum atomic E-state index is 0.805. The van der Waals surface area contributed by atoms with E-state index in [-0.39, 0.29) is 0 Å². The highest BCUT2D eigenvalue weighted by Gasteiger charge is 2.10. The quantitative estimate of drug-likeness (QED) is 0.897. The van der Waals surface area contributed by atoms with Crippen molar-refractivity contribution in [1.29, 1.82) is 0 Å². The van der Waals surface area contributed by atoms with Crippen LogP contribution in [-0.4, -0.2) is 36.3 Å². The summed E-state index contributed by atoms with van der Waals surface area (Å²) in [4.78, 5) is 4.60. The van der Waals surface area contributed by atoms with E-state index >= 15 is 0 Å². The number of benzene rings is 1. The lowest BCUT2D eigenvalue weighted by Gasteiger charge is -2.26. The normalized spacial score (nSPS) is 17.6. The summed E-state index contributed by atoms with van der Waals surface area (Å²) in [6.07, 6.45) is 0. The number of nitrogens with one attached hydrogen (secondary N) is 1. The molecule has 0 aliphatic carbocycles. The summed E-state index contributed by atoms with van der Waals surface area (Å²) >= 11 is 1.75. The lowest BCUT2D eigenvalue weighted by atomic mass is 10.3. The fourth-order valence-electron chi connectivity index (χ4n) is 1.90. The molecule has 17 heavy (non-hydrogen) atoms. The number of fused-ring (bicyclic) bond motifs is 1. The number of hydrogen-bond donors (Lipinski definition) is 1. The second-order valence-corrected chi connectivity index (χ2v) is 5.12. The molecule has 2 aromatic rings. The van der Waals surface area contributed by atoms with Gasteiger partial charge in [-0.1, -0.05) is 12.1 Å². The summed E-state index contributed by atoms with van der Waals surface area (Å²) in [5.41, 5.74) is 4.49. The van der Waals surface area contributed by atoms with Gasteiger partial charge in [-0.05, 0) is 12.1 Å². The Balaban J connectivity index is 1.64. The molecule has 0 bridgehead atoms. The lowest BCUT2D eigenvalue weighted by Crippen LogP contribution is -2.45. The largest absolute Gasteiger partial charge is 0.379 e. The molecule has 1 fully saturated rings. The Labute approximate surface area is 104 Å². The number of ether oxygens (including phenoxy) is 1. The van der Waals surface area contributed by atoms with Crippen molar-refractivity contribution < 1.29 is 4.74 Å². The van der Waals surface area contributed by atoms with Crippen molar-refractivity contribution >= 4 is 21.6 Å². The van der Waals surface area contributed by atoms with Crippen molar-refractivity contribution in [3.8, 4) is 0 Å². The second kappa shape index (κ2) is 5.10. The smallest absolute Gasteiger partial charge is 0.109 e. The molecule has 2 heterocycles. The molecule has 1 aromatic carbocycles. The third-order valence-electron chi connectivity index (χ3n) is 2.80. The van der Waals surface area contributed by atoms with Crippen molar-refractivity contribution in [3.05, 3.63) is 29.3 Å². The maximum absolute atomic E-state index is 5.31. The van der Waals surface area contributed by atoms with Crippen LogP contribution in [0.2, 0.25) is 0 Å². The Kier molecular flexibility index (Phi) is 3.33. The zero-order valence-corrected chi connectivity index (χ0v) is 10.4. The first-order valence-corrected chi connectivity index (χ1v) is 6.64. The van der Waals surface area contributed by atoms with E-state index in [2.05, 4.69) is 33.6 Å². The van der Waals surface area contributed by atoms with Crippen LogP contribution >= 0.6 is 11.3 Å². The minimum absolute atomic E-state index is 0.805. The summed E-state index contributed by atoms with van der Waals surface area (Å²) in [6.45, 7) is 4.33. The lowest BCUT2D eigenvalue weighted by molar-refractivity contribution is 0.0106. The molecule has 1 aliphatic heterocycles. The second-order valence-electron chi connectivity index (χ2n) is 4.01. The van der Waals surface area contributed by atoms with Crippen LogP contribution in [0.1, 0.15) is 5.01 Å². The van der Waals surface area contributed by atoms with E-state index in [1.54, 1.807) is 11.3 Å². The van der Waals surface area contributed by atoms with E-state index in [1.165, 1.54) is 4.70 Å². The van der Waals surface area contributed by atoms with E-state index in [1.807, 2.05) is 6.07 Å². The standard InChI is InChI=1S/C12H15N3OS/c1-2-4-11-10(3-1)14-12(17-11)9-13-15-5-7-16-8-6-15/h1-4,13H,5-9H2. The Hall–Kier alpha value is -1.01. The first-order chi connectivity index (χ1) is 8.42. The van der Waals surface area contributed by atoms with Crippen molar-refractivity contribution in [2.24, 2.45) is 0 Å². The van der Waals surface area contributed by atoms with Gasteiger partial charge in [-0.15, -0.1) is 11.3 Å². The summed E-state index contributed by atoms with van der Waals surface area (Å²) in [6, 6.07) is 8.26. The molecular weight excluding hydrogens is 234 g/mol. The van der Waals surface area contributed by atoms with Crippen molar-refractivity contribution in [2.75, 3.05) is 26.3 Å². The van der Waals surface area contributed by atoms with Gasteiger partial charge in [0.25, 0.3) is 0 Å². The summed E-state index contributed by atoms with van der Waals surface area (Å²) in [7, 11) is 0. The van der Waals surface area contributed by atoms with Crippen LogP contribution in [0.4, 0.5) is 0 Å². The van der Waals surface area contributed by atoms with E-state index in [0.29, 0.717) is 0 Å². The molecule has 90 valence electrons. The number of para-hydroxylation sites is 1. The Morgan fingerprint density at radius 3 is 2.94 bits per heavy atom. The number of thiazole rings is 1. The number of morpholine rings is 1. The van der Waals surface area contributed by atoms with Gasteiger partial charge in [-0.25, -0.2) is 15.4 Å². The highest BCUT2D eigenvalue weighted by molar-refractivity contribution is 7.18. The monoisotopic (exact) mass is 249 g/mol. The SMILES string of the molecule is c1ccc2sc(CNN3CCOCC3)nc2c1. The van der Waals surface area contributed by atoms with Crippen LogP contribution in [0.15, 0.2) is 24.3 Å². The summed E-state index contributed by atoms with van der Waals surface area (Å²) in [5.74, 6) is 0. The predicted molar refractivity (Wildman–Crippen MR) is 68.9 cm³/mol. The van der Waals surface area contributed by atoms with Crippen LogP contribution < -0.4 is 5.43 Å². The fourth-order valence-corrected chi connectivity index (χ4v) is 2.80. The summed E-state index contributed by atoms with van der Waals surface area (Å²) in [5, 5.41) is 3.34. The van der Waals surface area contributed by atoms with E-state index in [4.69, 9.17) is 4.74 Å². The minimum Gasteiger partial charge on any atom is -0.379 e. The average Bonchev–Trinajstić information content (AvgIpc) is 2.80. The number of nitrogens with zero attached hydrogens (tertiary/aromatic N) is 2. The Morgan fingerprint density at radius 2 is 2.12 bits per heavy atom. The molecule has 5 heteroatoms. The molecule has 0 saturated carbocycles. The van der Waals surface area contributed by atoms with Gasteiger partial charge in [-0.2, -0.15) is 0 Å². The third-order valence-corrected chi connectivity index (χ3v) is 3.84. The van der Waals surface area contributed by atoms with Gasteiger partial charge < -0.3 is 4.74 Å². The first kappa shape index (κ1) is 11.1. The highest BCUT2D eigenvalue weighted by Crippen LogP contribution is 2.21. The van der Waals surface area contributed by atoms with Gasteiger partial charge >= 0.3 is 0 Å². The molecule has 1 saturated heterocycles. The number of hydrazine groups is 1. The predicted octanol–water partition coefficient (Wildman–Crippen LogP) is 1.63. The average molecular weight is 249 g/mol. The highest BCUT2D eigenvalue weighted by atomic mass is 32.1. The zero-order valence-electron chi connectivity index (χ0n) is 9.56. The summed E-state index contributed by atoms with van der Waals surface area (Å²) < 4.78 is 6.56. The number of rotatable bonds is 3. The van der Waals surface area contributed by atoms with Gasteiger partial charge in [0.15, 0.2) is 0 Å².